The lowest BCUT2D eigenvalue weighted by Crippen LogP contribution is -2.32. The summed E-state index contributed by atoms with van der Waals surface area (Å²) in [7, 11) is 1.91. The minimum atomic E-state index is -0.671. The van der Waals surface area contributed by atoms with Crippen LogP contribution < -0.4 is 15.4 Å². The molecule has 1 aromatic heterocycles. The third-order valence-electron chi connectivity index (χ3n) is 4.59. The van der Waals surface area contributed by atoms with Crippen molar-refractivity contribution in [1.82, 2.24) is 10.6 Å². The molecule has 2 unspecified atom stereocenters. The Balaban J connectivity index is 1.48. The van der Waals surface area contributed by atoms with E-state index in [1.54, 1.807) is 6.26 Å². The molecule has 0 aliphatic carbocycles. The molecule has 27 heavy (non-hydrogen) atoms. The second kappa shape index (κ2) is 9.55. The van der Waals surface area contributed by atoms with Gasteiger partial charge in [-0.25, -0.2) is 0 Å². The molecule has 5 nitrogen and oxygen atoms in total. The van der Waals surface area contributed by atoms with Crippen molar-refractivity contribution in [2.24, 2.45) is 0 Å². The summed E-state index contributed by atoms with van der Waals surface area (Å²) >= 11 is 0. The summed E-state index contributed by atoms with van der Waals surface area (Å²) in [5, 5.41) is 18.9. The molecule has 0 fully saturated rings. The van der Waals surface area contributed by atoms with Gasteiger partial charge in [0.1, 0.15) is 24.2 Å². The van der Waals surface area contributed by atoms with Gasteiger partial charge in [-0.15, -0.1) is 0 Å². The van der Waals surface area contributed by atoms with Gasteiger partial charge in [-0.3, -0.25) is 0 Å². The molecule has 0 bridgehead atoms. The molecule has 0 amide bonds. The van der Waals surface area contributed by atoms with Crippen LogP contribution in [0.2, 0.25) is 0 Å². The van der Waals surface area contributed by atoms with E-state index in [-0.39, 0.29) is 6.04 Å². The normalized spacial score (nSPS) is 13.6. The van der Waals surface area contributed by atoms with Crippen LogP contribution in [0.3, 0.4) is 0 Å². The van der Waals surface area contributed by atoms with Crippen LogP contribution in [0.5, 0.6) is 5.75 Å². The Kier molecular flexibility index (Phi) is 6.87. The molecule has 5 heteroatoms. The molecule has 0 aliphatic heterocycles. The zero-order valence-corrected chi connectivity index (χ0v) is 15.9. The average molecular weight is 368 g/mol. The number of hydrogen-bond acceptors (Lipinski definition) is 5. The lowest BCUT2D eigenvalue weighted by Gasteiger charge is -2.17. The van der Waals surface area contributed by atoms with E-state index in [1.807, 2.05) is 43.4 Å². The van der Waals surface area contributed by atoms with Crippen LogP contribution in [0.25, 0.3) is 10.8 Å². The van der Waals surface area contributed by atoms with Gasteiger partial charge in [-0.1, -0.05) is 36.4 Å². The maximum Gasteiger partial charge on any atom is 0.141 e. The minimum Gasteiger partial charge on any atom is -0.492 e. The molecule has 2 atom stereocenters. The summed E-state index contributed by atoms with van der Waals surface area (Å²) in [5.41, 5.74) is 1.23. The third-order valence-corrected chi connectivity index (χ3v) is 4.59. The van der Waals surface area contributed by atoms with Crippen molar-refractivity contribution in [1.29, 1.82) is 0 Å². The van der Waals surface area contributed by atoms with E-state index in [4.69, 9.17) is 9.15 Å². The van der Waals surface area contributed by atoms with E-state index < -0.39 is 6.10 Å². The molecule has 0 saturated carbocycles. The molecule has 0 spiro atoms. The largest absolute Gasteiger partial charge is 0.492 e. The Hall–Kier alpha value is -2.34. The molecule has 144 valence electrons. The monoisotopic (exact) mass is 368 g/mol. The first kappa shape index (κ1) is 19.4. The molecule has 2 aromatic carbocycles. The van der Waals surface area contributed by atoms with Gasteiger partial charge in [0.25, 0.3) is 0 Å². The van der Waals surface area contributed by atoms with Crippen LogP contribution in [0.4, 0.5) is 0 Å². The van der Waals surface area contributed by atoms with Crippen molar-refractivity contribution in [3.05, 3.63) is 66.1 Å². The van der Waals surface area contributed by atoms with E-state index in [9.17, 15) is 5.11 Å². The fraction of sp³-hybridized carbons (Fsp3) is 0.364. The summed E-state index contributed by atoms with van der Waals surface area (Å²) < 4.78 is 11.2. The maximum atomic E-state index is 10.5. The number of fused-ring (bicyclic) bond motifs is 1. The lowest BCUT2D eigenvalue weighted by molar-refractivity contribution is 0.146. The van der Waals surface area contributed by atoms with Gasteiger partial charge in [-0.2, -0.15) is 0 Å². The molecule has 3 rings (SSSR count). The zero-order chi connectivity index (χ0) is 19.1. The Morgan fingerprint density at radius 1 is 1.11 bits per heavy atom. The Labute approximate surface area is 160 Å². The number of rotatable bonds is 10. The van der Waals surface area contributed by atoms with Gasteiger partial charge in [0.2, 0.25) is 0 Å². The van der Waals surface area contributed by atoms with Crippen LogP contribution in [-0.2, 0) is 6.42 Å². The summed E-state index contributed by atoms with van der Waals surface area (Å²) in [6, 6.07) is 16.3. The summed E-state index contributed by atoms with van der Waals surface area (Å²) in [6.45, 7) is 4.05. The van der Waals surface area contributed by atoms with E-state index >= 15 is 0 Å². The van der Waals surface area contributed by atoms with Crippen molar-refractivity contribution in [3.63, 3.8) is 0 Å². The highest BCUT2D eigenvalue weighted by atomic mass is 16.5. The Bertz CT molecular complexity index is 829. The third kappa shape index (κ3) is 5.32. The molecule has 0 saturated heterocycles. The predicted octanol–water partition coefficient (Wildman–Crippen LogP) is 3.29. The number of hydrogen-bond donors (Lipinski definition) is 3. The first-order chi connectivity index (χ1) is 13.2. The quantitative estimate of drug-likeness (QED) is 0.479. The summed E-state index contributed by atoms with van der Waals surface area (Å²) in [4.78, 5) is 0. The summed E-state index contributed by atoms with van der Waals surface area (Å²) in [6.07, 6.45) is 1.90. The van der Waals surface area contributed by atoms with Crippen molar-refractivity contribution in [2.45, 2.75) is 25.5 Å². The first-order valence-electron chi connectivity index (χ1n) is 9.41. The van der Waals surface area contributed by atoms with Crippen molar-refractivity contribution >= 4 is 10.8 Å². The van der Waals surface area contributed by atoms with Gasteiger partial charge in [0.15, 0.2) is 0 Å². The van der Waals surface area contributed by atoms with E-state index in [1.165, 1.54) is 5.56 Å². The highest BCUT2D eigenvalue weighted by Crippen LogP contribution is 2.26. The number of ether oxygens (including phenoxy) is 1. The smallest absolute Gasteiger partial charge is 0.141 e. The number of aliphatic hydroxyl groups excluding tert-OH is 1. The van der Waals surface area contributed by atoms with Crippen LogP contribution in [0.1, 0.15) is 24.4 Å². The number of aliphatic hydroxyl groups is 1. The predicted molar refractivity (Wildman–Crippen MR) is 108 cm³/mol. The van der Waals surface area contributed by atoms with Gasteiger partial charge in [-0.05, 0) is 38.1 Å². The van der Waals surface area contributed by atoms with Crippen LogP contribution in [0, 0.1) is 0 Å². The molecule has 3 N–H and O–H groups in total. The van der Waals surface area contributed by atoms with Gasteiger partial charge >= 0.3 is 0 Å². The van der Waals surface area contributed by atoms with Gasteiger partial charge in [0, 0.05) is 29.9 Å². The molecular weight excluding hydrogens is 340 g/mol. The van der Waals surface area contributed by atoms with E-state index in [2.05, 4.69) is 29.7 Å². The molecule has 3 aromatic rings. The average Bonchev–Trinajstić information content (AvgIpc) is 3.12. The fourth-order valence-electron chi connectivity index (χ4n) is 3.10. The molecule has 0 radical (unpaired) electrons. The van der Waals surface area contributed by atoms with Crippen LogP contribution in [0.15, 0.2) is 59.2 Å². The van der Waals surface area contributed by atoms with Crippen molar-refractivity contribution in [2.75, 3.05) is 26.7 Å². The van der Waals surface area contributed by atoms with Crippen LogP contribution >= 0.6 is 0 Å². The fourth-order valence-corrected chi connectivity index (χ4v) is 3.10. The highest BCUT2D eigenvalue weighted by molar-refractivity contribution is 5.84. The second-order valence-electron chi connectivity index (χ2n) is 6.81. The van der Waals surface area contributed by atoms with E-state index in [0.29, 0.717) is 18.9 Å². The Morgan fingerprint density at radius 2 is 1.89 bits per heavy atom. The van der Waals surface area contributed by atoms with Crippen LogP contribution in [-0.4, -0.2) is 37.9 Å². The maximum absolute atomic E-state index is 10.5. The Morgan fingerprint density at radius 3 is 2.67 bits per heavy atom. The highest BCUT2D eigenvalue weighted by Gasteiger charge is 2.16. The number of likely N-dealkylation sites (N-methyl/N-ethyl adjacent to an activating group) is 1. The standard InChI is InChI=1S/C22H28N2O3/c1-16(13-17-7-9-19(10-8-17)26-12-11-23-2)24-14-21(25)22-20-6-4-3-5-18(20)15-27-22/h3-10,15-16,21,23-25H,11-14H2,1-2H3. The summed E-state index contributed by atoms with van der Waals surface area (Å²) in [5.74, 6) is 1.50. The number of furan rings is 1. The van der Waals surface area contributed by atoms with E-state index in [0.717, 1.165) is 29.5 Å². The number of nitrogens with one attached hydrogen (secondary N) is 2. The van der Waals surface area contributed by atoms with Crippen molar-refractivity contribution < 1.29 is 14.3 Å². The first-order valence-corrected chi connectivity index (χ1v) is 9.41. The molecule has 1 heterocycles. The molecular formula is C22H28N2O3. The van der Waals surface area contributed by atoms with Gasteiger partial charge < -0.3 is 24.9 Å². The van der Waals surface area contributed by atoms with Crippen molar-refractivity contribution in [3.8, 4) is 5.75 Å². The SMILES string of the molecule is CNCCOc1ccc(CC(C)NCC(O)c2occ3ccccc23)cc1. The van der Waals surface area contributed by atoms with Gasteiger partial charge in [0.05, 0.1) is 6.26 Å². The molecule has 0 aliphatic rings. The topological polar surface area (TPSA) is 66.7 Å². The zero-order valence-electron chi connectivity index (χ0n) is 15.9. The minimum absolute atomic E-state index is 0.233. The second-order valence-corrected chi connectivity index (χ2v) is 6.81. The lowest BCUT2D eigenvalue weighted by atomic mass is 10.1. The number of benzene rings is 2.